The van der Waals surface area contributed by atoms with Crippen molar-refractivity contribution in [1.29, 1.82) is 0 Å². The molecule has 0 unspecified atom stereocenters. The molecule has 0 spiro atoms. The molecular formula is C28H41N3. The average Bonchev–Trinajstić information content (AvgIpc) is 3.16. The predicted molar refractivity (Wildman–Crippen MR) is 138 cm³/mol. The summed E-state index contributed by atoms with van der Waals surface area (Å²) in [6.07, 6.45) is 5.36. The predicted octanol–water partition coefficient (Wildman–Crippen LogP) is 7.17. The summed E-state index contributed by atoms with van der Waals surface area (Å²) in [7, 11) is 0. The molecule has 1 fully saturated rings. The number of aryl methyl sites for hydroxylation is 1. The third kappa shape index (κ3) is 6.65. The number of allylic oxidation sites excluding steroid dienone is 3. The van der Waals surface area contributed by atoms with Crippen LogP contribution in [0.2, 0.25) is 0 Å². The van der Waals surface area contributed by atoms with Crippen molar-refractivity contribution in [3.63, 3.8) is 0 Å². The van der Waals surface area contributed by atoms with Crippen molar-refractivity contribution < 1.29 is 0 Å². The average molecular weight is 420 g/mol. The Morgan fingerprint density at radius 2 is 1.87 bits per heavy atom. The smallest absolute Gasteiger partial charge is 0.0420 e. The second-order valence-electron chi connectivity index (χ2n) is 8.51. The minimum Gasteiger partial charge on any atom is -0.385 e. The number of benzene rings is 1. The highest BCUT2D eigenvalue weighted by Crippen LogP contribution is 2.29. The van der Waals surface area contributed by atoms with Crippen LogP contribution in [0.25, 0.3) is 5.70 Å². The van der Waals surface area contributed by atoms with Gasteiger partial charge >= 0.3 is 0 Å². The Hall–Kier alpha value is -2.68. The van der Waals surface area contributed by atoms with Crippen molar-refractivity contribution in [2.24, 2.45) is 0 Å². The number of likely N-dealkylation sites (tertiary alicyclic amines) is 1. The van der Waals surface area contributed by atoms with Crippen LogP contribution < -0.4 is 10.6 Å². The zero-order valence-corrected chi connectivity index (χ0v) is 20.2. The minimum absolute atomic E-state index is 0.908. The third-order valence-corrected chi connectivity index (χ3v) is 6.19. The van der Waals surface area contributed by atoms with Crippen LogP contribution in [0.5, 0.6) is 0 Å². The van der Waals surface area contributed by atoms with Crippen LogP contribution in [0, 0.1) is 6.92 Å². The lowest BCUT2D eigenvalue weighted by molar-refractivity contribution is 0.386. The molecule has 1 aromatic carbocycles. The van der Waals surface area contributed by atoms with Crippen LogP contribution >= 0.6 is 0 Å². The molecule has 3 heteroatoms. The number of rotatable bonds is 12. The van der Waals surface area contributed by atoms with E-state index in [4.69, 9.17) is 0 Å². The summed E-state index contributed by atoms with van der Waals surface area (Å²) < 4.78 is 0. The molecule has 1 aliphatic rings. The molecule has 0 saturated carbocycles. The fraction of sp³-hybridized carbons (Fsp3) is 0.429. The highest BCUT2D eigenvalue weighted by molar-refractivity contribution is 5.70. The Balaban J connectivity index is 2.01. The molecule has 2 N–H and O–H groups in total. The molecule has 0 radical (unpaired) electrons. The highest BCUT2D eigenvalue weighted by Gasteiger charge is 2.14. The zero-order valence-electron chi connectivity index (χ0n) is 20.2. The van der Waals surface area contributed by atoms with Crippen molar-refractivity contribution >= 4 is 11.4 Å². The lowest BCUT2D eigenvalue weighted by Crippen LogP contribution is -2.23. The van der Waals surface area contributed by atoms with Gasteiger partial charge in [-0.1, -0.05) is 57.9 Å². The number of hydrogen-bond donors (Lipinski definition) is 2. The molecule has 0 bridgehead atoms. The zero-order chi connectivity index (χ0) is 23.0. The monoisotopic (exact) mass is 419 g/mol. The van der Waals surface area contributed by atoms with E-state index in [1.807, 2.05) is 0 Å². The van der Waals surface area contributed by atoms with E-state index in [2.05, 4.69) is 87.7 Å². The number of anilines is 1. The van der Waals surface area contributed by atoms with Crippen LogP contribution in [0.3, 0.4) is 0 Å². The van der Waals surface area contributed by atoms with Gasteiger partial charge in [0, 0.05) is 42.4 Å². The van der Waals surface area contributed by atoms with E-state index >= 15 is 0 Å². The van der Waals surface area contributed by atoms with Crippen molar-refractivity contribution in [3.05, 3.63) is 83.8 Å². The normalized spacial score (nSPS) is 14.3. The standard InChI is InChI=1S/C28H41N3/c1-9-20(3)28(21(4)10-2)25(8)30-27-19-26(15-14-22(27)5)24(7)29-16-12-18-31-17-11-13-23(31)6/h14-15,19,29-30H,3,6-13,16-18H2,1-2,4-5H3/b28-21-. The second-order valence-corrected chi connectivity index (χ2v) is 8.51. The maximum Gasteiger partial charge on any atom is 0.0420 e. The Kier molecular flexibility index (Phi) is 9.23. The first-order valence-corrected chi connectivity index (χ1v) is 11.6. The van der Waals surface area contributed by atoms with Gasteiger partial charge in [-0.15, -0.1) is 0 Å². The van der Waals surface area contributed by atoms with Gasteiger partial charge in [0.1, 0.15) is 0 Å². The van der Waals surface area contributed by atoms with E-state index in [9.17, 15) is 0 Å². The number of nitrogens with zero attached hydrogens (tertiary/aromatic N) is 1. The SMILES string of the molecule is C=C(CC)/C(C(=C)Nc1cc(C(=C)NCCCN2CCCC2=C)ccc1C)=C(\C)CC. The van der Waals surface area contributed by atoms with E-state index in [0.717, 1.165) is 79.1 Å². The quantitative estimate of drug-likeness (QED) is 0.278. The summed E-state index contributed by atoms with van der Waals surface area (Å²) in [5.41, 5.74) is 10.1. The van der Waals surface area contributed by atoms with Crippen molar-refractivity contribution in [2.75, 3.05) is 25.0 Å². The Bertz CT molecular complexity index is 872. The van der Waals surface area contributed by atoms with Crippen molar-refractivity contribution in [2.45, 2.75) is 59.8 Å². The molecule has 1 saturated heterocycles. The molecule has 0 aliphatic carbocycles. The first-order chi connectivity index (χ1) is 14.8. The Morgan fingerprint density at radius 3 is 2.48 bits per heavy atom. The summed E-state index contributed by atoms with van der Waals surface area (Å²) in [5, 5.41) is 7.04. The number of hydrogen-bond acceptors (Lipinski definition) is 3. The van der Waals surface area contributed by atoms with Crippen LogP contribution in [-0.2, 0) is 0 Å². The molecule has 1 heterocycles. The largest absolute Gasteiger partial charge is 0.385 e. The molecule has 3 nitrogen and oxygen atoms in total. The molecule has 0 aromatic heterocycles. The first-order valence-electron chi connectivity index (χ1n) is 11.6. The molecule has 2 rings (SSSR count). The van der Waals surface area contributed by atoms with Crippen LogP contribution in [0.15, 0.2) is 72.6 Å². The van der Waals surface area contributed by atoms with Gasteiger partial charge in [-0.25, -0.2) is 0 Å². The summed E-state index contributed by atoms with van der Waals surface area (Å²) in [4.78, 5) is 2.40. The van der Waals surface area contributed by atoms with E-state index in [1.165, 1.54) is 23.3 Å². The van der Waals surface area contributed by atoms with E-state index in [1.54, 1.807) is 0 Å². The van der Waals surface area contributed by atoms with Gasteiger partial charge in [-0.05, 0) is 74.3 Å². The molecular weight excluding hydrogens is 378 g/mol. The van der Waals surface area contributed by atoms with E-state index < -0.39 is 0 Å². The van der Waals surface area contributed by atoms with Gasteiger partial charge in [0.05, 0.1) is 0 Å². The highest BCUT2D eigenvalue weighted by atomic mass is 15.1. The van der Waals surface area contributed by atoms with Crippen molar-refractivity contribution in [3.8, 4) is 0 Å². The molecule has 31 heavy (non-hydrogen) atoms. The summed E-state index contributed by atoms with van der Waals surface area (Å²) in [6.45, 7) is 28.7. The van der Waals surface area contributed by atoms with Crippen molar-refractivity contribution in [1.82, 2.24) is 10.2 Å². The lowest BCUT2D eigenvalue weighted by Gasteiger charge is -2.21. The first kappa shape index (κ1) is 24.6. The second kappa shape index (κ2) is 11.6. The van der Waals surface area contributed by atoms with E-state index in [-0.39, 0.29) is 0 Å². The van der Waals surface area contributed by atoms with Gasteiger partial charge in [-0.2, -0.15) is 0 Å². The third-order valence-electron chi connectivity index (χ3n) is 6.19. The molecule has 1 aromatic rings. The fourth-order valence-electron chi connectivity index (χ4n) is 3.97. The molecule has 1 aliphatic heterocycles. The molecule has 168 valence electrons. The van der Waals surface area contributed by atoms with Gasteiger partial charge in [0.25, 0.3) is 0 Å². The van der Waals surface area contributed by atoms with E-state index in [0.29, 0.717) is 0 Å². The topological polar surface area (TPSA) is 27.3 Å². The maximum absolute atomic E-state index is 4.33. The summed E-state index contributed by atoms with van der Waals surface area (Å²) in [6, 6.07) is 6.42. The number of nitrogens with one attached hydrogen (secondary N) is 2. The van der Waals surface area contributed by atoms with Gasteiger partial charge in [0.15, 0.2) is 0 Å². The minimum atomic E-state index is 0.908. The lowest BCUT2D eigenvalue weighted by atomic mass is 9.95. The van der Waals surface area contributed by atoms with Crippen LogP contribution in [-0.4, -0.2) is 24.5 Å². The Labute approximate surface area is 190 Å². The van der Waals surface area contributed by atoms with Crippen LogP contribution in [0.1, 0.15) is 64.0 Å². The molecule has 0 atom stereocenters. The summed E-state index contributed by atoms with van der Waals surface area (Å²) >= 11 is 0. The molecule has 0 amide bonds. The van der Waals surface area contributed by atoms with Gasteiger partial charge in [0.2, 0.25) is 0 Å². The van der Waals surface area contributed by atoms with Gasteiger partial charge in [-0.3, -0.25) is 0 Å². The Morgan fingerprint density at radius 1 is 1.13 bits per heavy atom. The van der Waals surface area contributed by atoms with Gasteiger partial charge < -0.3 is 15.5 Å². The maximum atomic E-state index is 4.33. The van der Waals surface area contributed by atoms with Crippen LogP contribution in [0.4, 0.5) is 5.69 Å². The summed E-state index contributed by atoms with van der Waals surface area (Å²) in [5.74, 6) is 0. The fourth-order valence-corrected chi connectivity index (χ4v) is 3.97.